The Kier molecular flexibility index (Phi) is 3.14. The van der Waals surface area contributed by atoms with Gasteiger partial charge in [0.05, 0.1) is 5.69 Å². The molecular weight excluding hydrogens is 250 g/mol. The lowest BCUT2D eigenvalue weighted by Crippen LogP contribution is -2.19. The number of hydrogen-bond donors (Lipinski definition) is 1. The second kappa shape index (κ2) is 4.96. The number of benzene rings is 1. The van der Waals surface area contributed by atoms with Gasteiger partial charge in [-0.1, -0.05) is 17.7 Å². The van der Waals surface area contributed by atoms with E-state index in [2.05, 4.69) is 46.4 Å². The minimum atomic E-state index is 0.0338. The van der Waals surface area contributed by atoms with E-state index < -0.39 is 0 Å². The maximum Gasteiger partial charge on any atom is 0.226 e. The summed E-state index contributed by atoms with van der Waals surface area (Å²) < 4.78 is 0. The molecule has 20 heavy (non-hydrogen) atoms. The minimum absolute atomic E-state index is 0.0338. The van der Waals surface area contributed by atoms with E-state index in [-0.39, 0.29) is 5.91 Å². The van der Waals surface area contributed by atoms with Crippen molar-refractivity contribution < 1.29 is 4.79 Å². The van der Waals surface area contributed by atoms with E-state index in [1.54, 1.807) is 0 Å². The van der Waals surface area contributed by atoms with Crippen LogP contribution in [0, 0.1) is 13.8 Å². The van der Waals surface area contributed by atoms with Gasteiger partial charge in [0.25, 0.3) is 0 Å². The molecule has 0 radical (unpaired) electrons. The molecule has 1 N–H and O–H groups in total. The molecule has 1 aromatic carbocycles. The number of nitrogens with zero attached hydrogens (tertiary/aromatic N) is 2. The molecule has 0 bridgehead atoms. The number of rotatable bonds is 1. The summed E-state index contributed by atoms with van der Waals surface area (Å²) in [6.07, 6.45) is 0.462. The molecule has 102 valence electrons. The Morgan fingerprint density at radius 2 is 1.85 bits per heavy atom. The van der Waals surface area contributed by atoms with E-state index in [0.29, 0.717) is 13.0 Å². The number of hydrogen-bond acceptors (Lipinski definition) is 3. The molecule has 1 aromatic heterocycles. The van der Waals surface area contributed by atoms with Crippen LogP contribution in [-0.2, 0) is 4.79 Å². The van der Waals surface area contributed by atoms with Gasteiger partial charge in [0, 0.05) is 24.3 Å². The number of nitrogens with one attached hydrogen (secondary N) is 1. The third-order valence-electron chi connectivity index (χ3n) is 3.45. The van der Waals surface area contributed by atoms with Gasteiger partial charge in [0.2, 0.25) is 5.91 Å². The van der Waals surface area contributed by atoms with Crippen LogP contribution in [0.5, 0.6) is 0 Å². The molecule has 4 nitrogen and oxygen atoms in total. The van der Waals surface area contributed by atoms with Crippen LogP contribution in [-0.4, -0.2) is 17.4 Å². The topological polar surface area (TPSA) is 45.2 Å². The standard InChI is InChI=1S/C16H17N3O/c1-11-3-6-13(7-4-11)19-10-9-15(20)18-14-8-5-12(2)17-16(14)19/h3-8H,9-10H2,1-2H3,(H,18,20). The first-order chi connectivity index (χ1) is 9.63. The molecule has 0 unspecified atom stereocenters. The summed E-state index contributed by atoms with van der Waals surface area (Å²) in [5.74, 6) is 0.853. The van der Waals surface area contributed by atoms with Crippen LogP contribution >= 0.6 is 0 Å². The van der Waals surface area contributed by atoms with Gasteiger partial charge in [-0.05, 0) is 38.1 Å². The van der Waals surface area contributed by atoms with Gasteiger partial charge < -0.3 is 10.2 Å². The lowest BCUT2D eigenvalue weighted by molar-refractivity contribution is -0.115. The van der Waals surface area contributed by atoms with Crippen molar-refractivity contribution in [2.24, 2.45) is 0 Å². The Bertz CT molecular complexity index is 649. The van der Waals surface area contributed by atoms with Crippen molar-refractivity contribution in [1.29, 1.82) is 0 Å². The van der Waals surface area contributed by atoms with Crippen molar-refractivity contribution >= 4 is 23.1 Å². The Balaban J connectivity index is 2.09. The van der Waals surface area contributed by atoms with Crippen molar-refractivity contribution in [2.75, 3.05) is 16.8 Å². The fourth-order valence-electron chi connectivity index (χ4n) is 2.35. The van der Waals surface area contributed by atoms with Crippen molar-refractivity contribution in [2.45, 2.75) is 20.3 Å². The lowest BCUT2D eigenvalue weighted by atomic mass is 10.2. The van der Waals surface area contributed by atoms with E-state index in [9.17, 15) is 4.79 Å². The summed E-state index contributed by atoms with van der Waals surface area (Å²) in [7, 11) is 0. The second-order valence-electron chi connectivity index (χ2n) is 5.11. The number of amides is 1. The molecule has 4 heteroatoms. The van der Waals surface area contributed by atoms with Crippen LogP contribution < -0.4 is 10.2 Å². The summed E-state index contributed by atoms with van der Waals surface area (Å²) in [6.45, 7) is 4.66. The van der Waals surface area contributed by atoms with Crippen molar-refractivity contribution in [1.82, 2.24) is 4.98 Å². The highest BCUT2D eigenvalue weighted by Gasteiger charge is 2.21. The maximum atomic E-state index is 11.8. The first-order valence-electron chi connectivity index (χ1n) is 6.75. The molecule has 0 aliphatic carbocycles. The Hall–Kier alpha value is -2.36. The number of pyridine rings is 1. The summed E-state index contributed by atoms with van der Waals surface area (Å²) >= 11 is 0. The highest BCUT2D eigenvalue weighted by molar-refractivity contribution is 5.96. The Labute approximate surface area is 118 Å². The summed E-state index contributed by atoms with van der Waals surface area (Å²) in [6, 6.07) is 12.1. The predicted molar refractivity (Wildman–Crippen MR) is 80.4 cm³/mol. The molecule has 2 heterocycles. The van der Waals surface area contributed by atoms with E-state index in [1.807, 2.05) is 19.1 Å². The largest absolute Gasteiger partial charge is 0.324 e. The van der Waals surface area contributed by atoms with Gasteiger partial charge in [0.1, 0.15) is 0 Å². The van der Waals surface area contributed by atoms with Gasteiger partial charge in [-0.3, -0.25) is 4.79 Å². The van der Waals surface area contributed by atoms with Gasteiger partial charge in [-0.2, -0.15) is 0 Å². The second-order valence-corrected chi connectivity index (χ2v) is 5.11. The van der Waals surface area contributed by atoms with E-state index in [1.165, 1.54) is 5.56 Å². The van der Waals surface area contributed by atoms with Gasteiger partial charge >= 0.3 is 0 Å². The zero-order valence-electron chi connectivity index (χ0n) is 11.7. The molecule has 0 atom stereocenters. The van der Waals surface area contributed by atoms with Crippen LogP contribution in [0.2, 0.25) is 0 Å². The zero-order valence-corrected chi connectivity index (χ0v) is 11.7. The molecule has 0 fully saturated rings. The lowest BCUT2D eigenvalue weighted by Gasteiger charge is -2.23. The smallest absolute Gasteiger partial charge is 0.226 e. The molecule has 1 amide bonds. The van der Waals surface area contributed by atoms with E-state index >= 15 is 0 Å². The predicted octanol–water partition coefficient (Wildman–Crippen LogP) is 3.18. The highest BCUT2D eigenvalue weighted by atomic mass is 16.1. The van der Waals surface area contributed by atoms with Crippen molar-refractivity contribution in [3.8, 4) is 0 Å². The van der Waals surface area contributed by atoms with E-state index in [4.69, 9.17) is 0 Å². The summed E-state index contributed by atoms with van der Waals surface area (Å²) in [4.78, 5) is 18.5. The molecule has 1 aliphatic rings. The van der Waals surface area contributed by atoms with Crippen LogP contribution in [0.15, 0.2) is 36.4 Å². The fourth-order valence-corrected chi connectivity index (χ4v) is 2.35. The summed E-state index contributed by atoms with van der Waals surface area (Å²) in [5, 5.41) is 2.92. The maximum absolute atomic E-state index is 11.8. The van der Waals surface area contributed by atoms with Gasteiger partial charge in [0.15, 0.2) is 5.82 Å². The minimum Gasteiger partial charge on any atom is -0.324 e. The monoisotopic (exact) mass is 267 g/mol. The third-order valence-corrected chi connectivity index (χ3v) is 3.45. The third kappa shape index (κ3) is 2.37. The number of aromatic nitrogens is 1. The summed E-state index contributed by atoms with van der Waals surface area (Å²) in [5.41, 5.74) is 4.00. The molecular formula is C16H17N3O. The zero-order chi connectivity index (χ0) is 14.1. The molecule has 1 aliphatic heterocycles. The fraction of sp³-hybridized carbons (Fsp3) is 0.250. The quantitative estimate of drug-likeness (QED) is 0.863. The number of fused-ring (bicyclic) bond motifs is 1. The van der Waals surface area contributed by atoms with Gasteiger partial charge in [-0.25, -0.2) is 4.98 Å². The first-order valence-corrected chi connectivity index (χ1v) is 6.75. The number of carbonyl (C=O) groups excluding carboxylic acids is 1. The molecule has 0 saturated carbocycles. The first kappa shape index (κ1) is 12.7. The highest BCUT2D eigenvalue weighted by Crippen LogP contribution is 2.32. The normalized spacial score (nSPS) is 14.5. The molecule has 0 saturated heterocycles. The van der Waals surface area contributed by atoms with E-state index in [0.717, 1.165) is 22.9 Å². The SMILES string of the molecule is Cc1ccc(N2CCC(=O)Nc3ccc(C)nc32)cc1. The van der Waals surface area contributed by atoms with Crippen molar-refractivity contribution in [3.63, 3.8) is 0 Å². The van der Waals surface area contributed by atoms with Crippen LogP contribution in [0.3, 0.4) is 0 Å². The Morgan fingerprint density at radius 1 is 1.10 bits per heavy atom. The molecule has 0 spiro atoms. The van der Waals surface area contributed by atoms with Gasteiger partial charge in [-0.15, -0.1) is 0 Å². The Morgan fingerprint density at radius 3 is 2.60 bits per heavy atom. The van der Waals surface area contributed by atoms with Crippen LogP contribution in [0.4, 0.5) is 17.2 Å². The number of aryl methyl sites for hydroxylation is 2. The van der Waals surface area contributed by atoms with Crippen LogP contribution in [0.1, 0.15) is 17.7 Å². The average Bonchev–Trinajstić information content (AvgIpc) is 2.58. The number of anilines is 3. The molecule has 3 rings (SSSR count). The molecule has 2 aromatic rings. The van der Waals surface area contributed by atoms with Crippen molar-refractivity contribution in [3.05, 3.63) is 47.7 Å². The number of carbonyl (C=O) groups is 1. The average molecular weight is 267 g/mol. The van der Waals surface area contributed by atoms with Crippen LogP contribution in [0.25, 0.3) is 0 Å².